The highest BCUT2D eigenvalue weighted by atomic mass is 79.9. The molecule has 0 heterocycles. The van der Waals surface area contributed by atoms with Crippen molar-refractivity contribution in [2.24, 2.45) is 5.92 Å². The van der Waals surface area contributed by atoms with Gasteiger partial charge in [-0.05, 0) is 12.3 Å². The Balaban J connectivity index is 2.97. The zero-order valence-corrected chi connectivity index (χ0v) is 8.78. The highest BCUT2D eigenvalue weighted by Crippen LogP contribution is 2.13. The van der Waals surface area contributed by atoms with Crippen LogP contribution in [0.15, 0.2) is 0 Å². The van der Waals surface area contributed by atoms with Crippen LogP contribution in [0.5, 0.6) is 0 Å². The Kier molecular flexibility index (Phi) is 7.95. The number of rotatable bonds is 6. The van der Waals surface area contributed by atoms with Crippen molar-refractivity contribution in [2.75, 3.05) is 5.33 Å². The Morgan fingerprint density at radius 2 is 1.90 bits per heavy atom. The Bertz CT molecular complexity index is 61.7. The summed E-state index contributed by atoms with van der Waals surface area (Å²) in [7, 11) is 0. The van der Waals surface area contributed by atoms with Crippen molar-refractivity contribution in [1.29, 1.82) is 0 Å². The molecular weight excluding hydrogens is 188 g/mol. The van der Waals surface area contributed by atoms with Gasteiger partial charge in [0.2, 0.25) is 0 Å². The predicted octanol–water partition coefficient (Wildman–Crippen LogP) is 3.99. The van der Waals surface area contributed by atoms with Gasteiger partial charge < -0.3 is 0 Å². The van der Waals surface area contributed by atoms with E-state index in [4.69, 9.17) is 0 Å². The topological polar surface area (TPSA) is 0 Å². The van der Waals surface area contributed by atoms with Gasteiger partial charge in [0, 0.05) is 5.33 Å². The molecule has 0 bridgehead atoms. The summed E-state index contributed by atoms with van der Waals surface area (Å²) >= 11 is 3.44. The monoisotopic (exact) mass is 206 g/mol. The molecule has 0 saturated carbocycles. The van der Waals surface area contributed by atoms with E-state index >= 15 is 0 Å². The van der Waals surface area contributed by atoms with Crippen LogP contribution in [-0.2, 0) is 0 Å². The molecule has 0 aliphatic rings. The highest BCUT2D eigenvalue weighted by Gasteiger charge is 1.98. The lowest BCUT2D eigenvalue weighted by Gasteiger charge is -2.07. The fourth-order valence-electron chi connectivity index (χ4n) is 1.22. The molecule has 0 radical (unpaired) electrons. The SMILES string of the molecule is CCC[C@@H](C)CCCCBr. The molecule has 0 aromatic rings. The summed E-state index contributed by atoms with van der Waals surface area (Å²) < 4.78 is 0. The highest BCUT2D eigenvalue weighted by molar-refractivity contribution is 9.09. The van der Waals surface area contributed by atoms with E-state index < -0.39 is 0 Å². The van der Waals surface area contributed by atoms with Crippen molar-refractivity contribution < 1.29 is 0 Å². The first-order valence-corrected chi connectivity index (χ1v) is 5.49. The van der Waals surface area contributed by atoms with E-state index in [1.807, 2.05) is 0 Å². The summed E-state index contributed by atoms with van der Waals surface area (Å²) in [6.45, 7) is 4.62. The fraction of sp³-hybridized carbons (Fsp3) is 1.00. The minimum atomic E-state index is 0.948. The van der Waals surface area contributed by atoms with Crippen LogP contribution in [0, 0.1) is 5.92 Å². The van der Waals surface area contributed by atoms with Gasteiger partial charge in [-0.2, -0.15) is 0 Å². The van der Waals surface area contributed by atoms with Gasteiger partial charge in [-0.25, -0.2) is 0 Å². The first-order chi connectivity index (χ1) is 4.81. The van der Waals surface area contributed by atoms with Crippen LogP contribution in [0.2, 0.25) is 0 Å². The van der Waals surface area contributed by atoms with Crippen LogP contribution < -0.4 is 0 Å². The Labute approximate surface area is 73.5 Å². The molecule has 0 unspecified atom stereocenters. The van der Waals surface area contributed by atoms with Crippen molar-refractivity contribution in [1.82, 2.24) is 0 Å². The van der Waals surface area contributed by atoms with Crippen molar-refractivity contribution in [3.8, 4) is 0 Å². The van der Waals surface area contributed by atoms with Crippen molar-refractivity contribution in [2.45, 2.75) is 46.0 Å². The van der Waals surface area contributed by atoms with E-state index in [1.165, 1.54) is 37.4 Å². The van der Waals surface area contributed by atoms with Crippen LogP contribution >= 0.6 is 15.9 Å². The van der Waals surface area contributed by atoms with Crippen LogP contribution in [0.1, 0.15) is 46.0 Å². The number of halogens is 1. The van der Waals surface area contributed by atoms with E-state index in [9.17, 15) is 0 Å². The molecule has 10 heavy (non-hydrogen) atoms. The van der Waals surface area contributed by atoms with Crippen LogP contribution in [0.4, 0.5) is 0 Å². The molecular formula is C9H19Br. The average molecular weight is 207 g/mol. The number of hydrogen-bond donors (Lipinski definition) is 0. The summed E-state index contributed by atoms with van der Waals surface area (Å²) in [5.74, 6) is 0.948. The summed E-state index contributed by atoms with van der Waals surface area (Å²) in [4.78, 5) is 0. The van der Waals surface area contributed by atoms with E-state index in [0.717, 1.165) is 5.92 Å². The van der Waals surface area contributed by atoms with Crippen LogP contribution in [0.25, 0.3) is 0 Å². The maximum Gasteiger partial charge on any atom is 0.00313 e. The second-order valence-corrected chi connectivity index (χ2v) is 3.87. The molecule has 62 valence electrons. The van der Waals surface area contributed by atoms with Gasteiger partial charge >= 0.3 is 0 Å². The van der Waals surface area contributed by atoms with Gasteiger partial charge in [-0.3, -0.25) is 0 Å². The second kappa shape index (κ2) is 7.59. The third kappa shape index (κ3) is 6.60. The third-order valence-corrected chi connectivity index (χ3v) is 2.42. The average Bonchev–Trinajstić information content (AvgIpc) is 1.89. The minimum Gasteiger partial charge on any atom is -0.0928 e. The zero-order chi connectivity index (χ0) is 7.82. The quantitative estimate of drug-likeness (QED) is 0.456. The van der Waals surface area contributed by atoms with Crippen molar-refractivity contribution in [3.63, 3.8) is 0 Å². The molecule has 0 N–H and O–H groups in total. The smallest absolute Gasteiger partial charge is 0.00313 e. The van der Waals surface area contributed by atoms with Crippen molar-refractivity contribution >= 4 is 15.9 Å². The first-order valence-electron chi connectivity index (χ1n) is 4.37. The first kappa shape index (κ1) is 10.5. The molecule has 1 heteroatoms. The molecule has 0 nitrogen and oxygen atoms in total. The Hall–Kier alpha value is 0.480. The molecule has 0 aromatic heterocycles. The third-order valence-electron chi connectivity index (χ3n) is 1.86. The maximum absolute atomic E-state index is 3.44. The fourth-order valence-corrected chi connectivity index (χ4v) is 1.62. The maximum atomic E-state index is 3.44. The number of alkyl halides is 1. The Morgan fingerprint density at radius 1 is 1.20 bits per heavy atom. The number of unbranched alkanes of at least 4 members (excludes halogenated alkanes) is 1. The zero-order valence-electron chi connectivity index (χ0n) is 7.20. The van der Waals surface area contributed by atoms with Gasteiger partial charge in [-0.1, -0.05) is 55.5 Å². The molecule has 0 fully saturated rings. The molecule has 0 spiro atoms. The van der Waals surface area contributed by atoms with Crippen molar-refractivity contribution in [3.05, 3.63) is 0 Å². The summed E-state index contributed by atoms with van der Waals surface area (Å²) in [5.41, 5.74) is 0. The normalized spacial score (nSPS) is 13.5. The van der Waals surface area contributed by atoms with E-state index in [2.05, 4.69) is 29.8 Å². The molecule has 0 aliphatic carbocycles. The molecule has 1 atom stereocenters. The summed E-state index contributed by atoms with van der Waals surface area (Å²) in [6.07, 6.45) is 6.90. The second-order valence-electron chi connectivity index (χ2n) is 3.08. The van der Waals surface area contributed by atoms with Gasteiger partial charge in [0.1, 0.15) is 0 Å². The van der Waals surface area contributed by atoms with E-state index in [0.29, 0.717) is 0 Å². The van der Waals surface area contributed by atoms with E-state index in [-0.39, 0.29) is 0 Å². The van der Waals surface area contributed by atoms with Gasteiger partial charge in [-0.15, -0.1) is 0 Å². The molecule has 0 amide bonds. The summed E-state index contributed by atoms with van der Waals surface area (Å²) in [6, 6.07) is 0. The van der Waals surface area contributed by atoms with Gasteiger partial charge in [0.15, 0.2) is 0 Å². The minimum absolute atomic E-state index is 0.948. The standard InChI is InChI=1S/C9H19Br/c1-3-6-9(2)7-4-5-8-10/h9H,3-8H2,1-2H3/t9-/m1/s1. The molecule has 0 aliphatic heterocycles. The van der Waals surface area contributed by atoms with E-state index in [1.54, 1.807) is 0 Å². The van der Waals surface area contributed by atoms with Crippen LogP contribution in [-0.4, -0.2) is 5.33 Å². The lowest BCUT2D eigenvalue weighted by atomic mass is 10.00. The Morgan fingerprint density at radius 3 is 2.40 bits per heavy atom. The summed E-state index contributed by atoms with van der Waals surface area (Å²) in [5, 5.41) is 1.17. The van der Waals surface area contributed by atoms with Gasteiger partial charge in [0.05, 0.1) is 0 Å². The predicted molar refractivity (Wildman–Crippen MR) is 51.7 cm³/mol. The lowest BCUT2D eigenvalue weighted by Crippen LogP contribution is -1.93. The number of hydrogen-bond acceptors (Lipinski definition) is 0. The van der Waals surface area contributed by atoms with Gasteiger partial charge in [0.25, 0.3) is 0 Å². The lowest BCUT2D eigenvalue weighted by molar-refractivity contribution is 0.468. The largest absolute Gasteiger partial charge is 0.0928 e. The molecule has 0 rings (SSSR count). The molecule has 0 saturated heterocycles. The molecule has 0 aromatic carbocycles. The van der Waals surface area contributed by atoms with Crippen LogP contribution in [0.3, 0.4) is 0 Å².